The van der Waals surface area contributed by atoms with E-state index in [1.165, 1.54) is 30.3 Å². The summed E-state index contributed by atoms with van der Waals surface area (Å²) in [6.07, 6.45) is -20.8. The zero-order chi connectivity index (χ0) is 37.2. The molecule has 0 heterocycles. The average molecular weight is 725 g/mol. The number of hydrogen-bond acceptors (Lipinski definition) is 4. The topological polar surface area (TPSA) is 84.9 Å². The first-order valence-corrected chi connectivity index (χ1v) is 13.6. The summed E-state index contributed by atoms with van der Waals surface area (Å²) < 4.78 is 174. The van der Waals surface area contributed by atoms with Crippen LogP contribution in [0.4, 0.5) is 52.7 Å². The summed E-state index contributed by atoms with van der Waals surface area (Å²) in [7, 11) is 0. The molecule has 0 spiro atoms. The van der Waals surface area contributed by atoms with Crippen LogP contribution in [-0.4, -0.2) is 35.6 Å². The van der Waals surface area contributed by atoms with Gasteiger partial charge in [0.15, 0.2) is 11.6 Å². The van der Waals surface area contributed by atoms with E-state index in [1.54, 1.807) is 0 Å². The van der Waals surface area contributed by atoms with Gasteiger partial charge in [-0.3, -0.25) is 4.79 Å². The van der Waals surface area contributed by atoms with Crippen molar-refractivity contribution in [1.82, 2.24) is 5.32 Å². The van der Waals surface area contributed by atoms with Gasteiger partial charge in [0.25, 0.3) is 5.91 Å². The molecule has 4 rings (SSSR count). The maximum atomic E-state index is 15.1. The molecule has 0 aliphatic rings. The van der Waals surface area contributed by atoms with Crippen LogP contribution in [0.1, 0.15) is 32.6 Å². The highest BCUT2D eigenvalue weighted by molar-refractivity contribution is 5.95. The SMILES string of the molecule is O=C(N[C@@](Cc1ccccc1)(c1cc(F)cc(OC(F)(F)C(F)F)c1)c1ccc(F)c(OC(F)(F)C(=O)O)c1)c1ccc(F)c(C(F)(F)F)c1. The number of ether oxygens (including phenoxy) is 2. The van der Waals surface area contributed by atoms with E-state index in [-0.39, 0.29) is 23.8 Å². The van der Waals surface area contributed by atoms with Gasteiger partial charge >= 0.3 is 30.8 Å². The Kier molecular flexibility index (Phi) is 10.3. The minimum atomic E-state index is -5.33. The van der Waals surface area contributed by atoms with Gasteiger partial charge in [-0.05, 0) is 59.2 Å². The Balaban J connectivity index is 2.05. The van der Waals surface area contributed by atoms with E-state index in [2.05, 4.69) is 14.8 Å². The Bertz CT molecular complexity index is 1890. The van der Waals surface area contributed by atoms with Crippen molar-refractivity contribution in [2.75, 3.05) is 0 Å². The molecule has 0 saturated heterocycles. The van der Waals surface area contributed by atoms with Crippen LogP contribution in [0.15, 0.2) is 84.9 Å². The van der Waals surface area contributed by atoms with E-state index in [4.69, 9.17) is 5.11 Å². The van der Waals surface area contributed by atoms with Crippen molar-refractivity contribution in [3.05, 3.63) is 130 Å². The second-order valence-corrected chi connectivity index (χ2v) is 10.4. The van der Waals surface area contributed by atoms with Crippen LogP contribution in [0.5, 0.6) is 11.5 Å². The van der Waals surface area contributed by atoms with Crippen molar-refractivity contribution in [2.45, 2.75) is 36.8 Å². The van der Waals surface area contributed by atoms with E-state index in [1.807, 2.05) is 0 Å². The van der Waals surface area contributed by atoms with Gasteiger partial charge in [0.1, 0.15) is 17.4 Å². The lowest BCUT2D eigenvalue weighted by molar-refractivity contribution is -0.253. The van der Waals surface area contributed by atoms with Crippen LogP contribution >= 0.6 is 0 Å². The zero-order valence-electron chi connectivity index (χ0n) is 24.5. The molecule has 0 fully saturated rings. The number of carboxylic acid groups (broad SMARTS) is 1. The van der Waals surface area contributed by atoms with E-state index < -0.39 is 99.9 Å². The molecule has 6 nitrogen and oxygen atoms in total. The van der Waals surface area contributed by atoms with E-state index in [0.717, 1.165) is 6.07 Å². The highest BCUT2D eigenvalue weighted by atomic mass is 19.4. The molecule has 1 amide bonds. The molecule has 0 aromatic heterocycles. The van der Waals surface area contributed by atoms with Crippen LogP contribution in [0.25, 0.3) is 0 Å². The first kappa shape index (κ1) is 37.4. The van der Waals surface area contributed by atoms with Gasteiger partial charge in [0, 0.05) is 18.1 Å². The number of carboxylic acids is 1. The number of hydrogen-bond donors (Lipinski definition) is 2. The normalized spacial score (nSPS) is 13.5. The lowest BCUT2D eigenvalue weighted by Gasteiger charge is -2.37. The van der Waals surface area contributed by atoms with Crippen molar-refractivity contribution in [2.24, 2.45) is 0 Å². The van der Waals surface area contributed by atoms with Gasteiger partial charge in [0.2, 0.25) is 0 Å². The average Bonchev–Trinajstić information content (AvgIpc) is 3.01. The predicted octanol–water partition coefficient (Wildman–Crippen LogP) is 8.33. The molecule has 0 saturated carbocycles. The van der Waals surface area contributed by atoms with Crippen molar-refractivity contribution in [1.29, 1.82) is 0 Å². The van der Waals surface area contributed by atoms with Crippen molar-refractivity contribution < 1.29 is 76.9 Å². The zero-order valence-corrected chi connectivity index (χ0v) is 24.5. The molecule has 2 N–H and O–H groups in total. The number of amides is 1. The van der Waals surface area contributed by atoms with Gasteiger partial charge < -0.3 is 19.9 Å². The maximum Gasteiger partial charge on any atom is 0.502 e. The molecule has 1 atom stereocenters. The standard InChI is InChI=1S/C32H19F12NO5/c33-20-11-19(12-21(14-20)49-31(41,42)27(36)37)29(15-16-4-2-1-3-5-16,18-7-9-24(35)25(13-18)50-32(43,44)28(47)48)45-26(46)17-6-8-23(34)22(10-17)30(38,39)40/h1-14,27H,15H2,(H,45,46)(H,47,48)/t29-/m1/s1. The van der Waals surface area contributed by atoms with Crippen molar-refractivity contribution in [3.8, 4) is 11.5 Å². The number of rotatable bonds is 12. The summed E-state index contributed by atoms with van der Waals surface area (Å²) in [4.78, 5) is 24.7. The Morgan fingerprint density at radius 2 is 1.38 bits per heavy atom. The minimum Gasteiger partial charge on any atom is -0.474 e. The van der Waals surface area contributed by atoms with Crippen LogP contribution in [-0.2, 0) is 22.9 Å². The summed E-state index contributed by atoms with van der Waals surface area (Å²) >= 11 is 0. The number of benzene rings is 4. The lowest BCUT2D eigenvalue weighted by atomic mass is 9.77. The van der Waals surface area contributed by atoms with Gasteiger partial charge in [-0.2, -0.15) is 39.5 Å². The summed E-state index contributed by atoms with van der Waals surface area (Å²) in [5, 5.41) is 11.0. The van der Waals surface area contributed by atoms with Crippen LogP contribution in [0.2, 0.25) is 0 Å². The fourth-order valence-corrected chi connectivity index (χ4v) is 4.71. The van der Waals surface area contributed by atoms with Crippen LogP contribution < -0.4 is 14.8 Å². The first-order valence-electron chi connectivity index (χ1n) is 13.6. The van der Waals surface area contributed by atoms with Crippen LogP contribution in [0, 0.1) is 17.5 Å². The Labute approximate surface area is 272 Å². The molecule has 4 aromatic carbocycles. The third-order valence-corrected chi connectivity index (χ3v) is 6.96. The quantitative estimate of drug-likeness (QED) is 0.144. The largest absolute Gasteiger partial charge is 0.502 e. The smallest absolute Gasteiger partial charge is 0.474 e. The molecule has 0 radical (unpaired) electrons. The Morgan fingerprint density at radius 3 is 1.98 bits per heavy atom. The van der Waals surface area contributed by atoms with Crippen molar-refractivity contribution in [3.63, 3.8) is 0 Å². The number of halogens is 12. The van der Waals surface area contributed by atoms with Gasteiger partial charge in [-0.25, -0.2) is 18.0 Å². The second-order valence-electron chi connectivity index (χ2n) is 10.4. The molecule has 0 bridgehead atoms. The molecule has 18 heteroatoms. The summed E-state index contributed by atoms with van der Waals surface area (Å²) in [6, 6.07) is 10.7. The Morgan fingerprint density at radius 1 is 0.740 bits per heavy atom. The number of aliphatic carboxylic acids is 1. The second kappa shape index (κ2) is 13.8. The van der Waals surface area contributed by atoms with E-state index in [0.29, 0.717) is 30.3 Å². The van der Waals surface area contributed by atoms with Crippen LogP contribution in [0.3, 0.4) is 0 Å². The fraction of sp³-hybridized carbons (Fsp3) is 0.188. The summed E-state index contributed by atoms with van der Waals surface area (Å²) in [5.74, 6) is -12.1. The predicted molar refractivity (Wildman–Crippen MR) is 147 cm³/mol. The minimum absolute atomic E-state index is 0.0772. The molecular weight excluding hydrogens is 706 g/mol. The lowest BCUT2D eigenvalue weighted by Crippen LogP contribution is -2.49. The molecule has 0 unspecified atom stereocenters. The van der Waals surface area contributed by atoms with Gasteiger partial charge in [-0.1, -0.05) is 36.4 Å². The van der Waals surface area contributed by atoms with Gasteiger partial charge in [-0.15, -0.1) is 0 Å². The molecule has 266 valence electrons. The summed E-state index contributed by atoms with van der Waals surface area (Å²) in [6.45, 7) is 0. The number of carbonyl (C=O) groups is 2. The monoisotopic (exact) mass is 725 g/mol. The fourth-order valence-electron chi connectivity index (χ4n) is 4.71. The highest BCUT2D eigenvalue weighted by Gasteiger charge is 2.46. The number of carbonyl (C=O) groups excluding carboxylic acids is 1. The number of alkyl halides is 9. The molecule has 50 heavy (non-hydrogen) atoms. The first-order chi connectivity index (χ1) is 23.1. The van der Waals surface area contributed by atoms with Gasteiger partial charge in [0.05, 0.1) is 11.1 Å². The molecule has 0 aliphatic heterocycles. The maximum absolute atomic E-state index is 15.1. The highest BCUT2D eigenvalue weighted by Crippen LogP contribution is 2.41. The molecule has 4 aromatic rings. The Hall–Kier alpha value is -5.42. The van der Waals surface area contributed by atoms with E-state index >= 15 is 4.39 Å². The number of nitrogens with one attached hydrogen (secondary N) is 1. The summed E-state index contributed by atoms with van der Waals surface area (Å²) in [5.41, 5.74) is -6.63. The molecule has 0 aliphatic carbocycles. The molecular formula is C32H19F12NO5. The third kappa shape index (κ3) is 8.23. The third-order valence-electron chi connectivity index (χ3n) is 6.96. The van der Waals surface area contributed by atoms with Crippen molar-refractivity contribution >= 4 is 11.9 Å². The van der Waals surface area contributed by atoms with E-state index in [9.17, 15) is 57.9 Å².